The van der Waals surface area contributed by atoms with E-state index in [0.717, 1.165) is 37.5 Å². The molecule has 150 valence electrons. The molecule has 28 heavy (non-hydrogen) atoms. The third-order valence-electron chi connectivity index (χ3n) is 6.16. The summed E-state index contributed by atoms with van der Waals surface area (Å²) < 4.78 is 5.74. The number of ether oxygens (including phenoxy) is 1. The highest BCUT2D eigenvalue weighted by Crippen LogP contribution is 2.49. The van der Waals surface area contributed by atoms with Crippen LogP contribution in [0.1, 0.15) is 62.2 Å². The number of non-ortho nitro benzene ring substituents is 2. The van der Waals surface area contributed by atoms with Crippen LogP contribution in [0.5, 0.6) is 0 Å². The highest BCUT2D eigenvalue weighted by Gasteiger charge is 2.47. The van der Waals surface area contributed by atoms with Crippen molar-refractivity contribution in [3.8, 4) is 0 Å². The van der Waals surface area contributed by atoms with Crippen LogP contribution in [0.4, 0.5) is 11.4 Å². The van der Waals surface area contributed by atoms with Crippen LogP contribution in [-0.2, 0) is 9.53 Å². The summed E-state index contributed by atoms with van der Waals surface area (Å²) in [5, 5.41) is 22.1. The van der Waals surface area contributed by atoms with Gasteiger partial charge in [0, 0.05) is 30.4 Å². The number of ketones is 1. The molecule has 2 saturated carbocycles. The minimum absolute atomic E-state index is 0.133. The quantitative estimate of drug-likeness (QED) is 0.432. The Kier molecular flexibility index (Phi) is 5.44. The minimum atomic E-state index is -0.810. The molecule has 0 aliphatic heterocycles. The lowest BCUT2D eigenvalue weighted by Crippen LogP contribution is -2.44. The first-order chi connectivity index (χ1) is 13.2. The van der Waals surface area contributed by atoms with Gasteiger partial charge in [-0.25, -0.2) is 4.79 Å². The number of carbonyl (C=O) groups is 2. The molecular formula is C19H22N2O7. The van der Waals surface area contributed by atoms with Crippen molar-refractivity contribution in [2.75, 3.05) is 0 Å². The van der Waals surface area contributed by atoms with Crippen molar-refractivity contribution in [1.82, 2.24) is 0 Å². The standard InChI is InChI=1S/C19H22N2O7/c1-19-7-6-16(22)10-13(19)4-2-3-5-17(19)28-18(23)12-8-14(20(24)25)11-15(9-12)21(26)27/h8-9,11,13,17H,2-7,10H2,1H3/t13-,17+,19-/m0/s1. The molecular weight excluding hydrogens is 368 g/mol. The van der Waals surface area contributed by atoms with Gasteiger partial charge in [0.1, 0.15) is 11.9 Å². The summed E-state index contributed by atoms with van der Waals surface area (Å²) in [5.74, 6) is -0.451. The van der Waals surface area contributed by atoms with Crippen molar-refractivity contribution in [2.45, 2.75) is 58.0 Å². The largest absolute Gasteiger partial charge is 0.458 e. The lowest BCUT2D eigenvalue weighted by molar-refractivity contribution is -0.394. The molecule has 1 aromatic carbocycles. The Morgan fingerprint density at radius 3 is 2.32 bits per heavy atom. The molecule has 2 aliphatic carbocycles. The van der Waals surface area contributed by atoms with Crippen molar-refractivity contribution in [1.29, 1.82) is 0 Å². The van der Waals surface area contributed by atoms with Gasteiger partial charge >= 0.3 is 5.97 Å². The van der Waals surface area contributed by atoms with Gasteiger partial charge in [-0.3, -0.25) is 25.0 Å². The SMILES string of the molecule is C[C@]12CCC(=O)C[C@@H]1CCCC[C@H]2OC(=O)c1cc([N+](=O)[O-])cc([N+](=O)[O-])c1. The van der Waals surface area contributed by atoms with E-state index in [1.807, 2.05) is 6.92 Å². The van der Waals surface area contributed by atoms with E-state index in [4.69, 9.17) is 4.74 Å². The highest BCUT2D eigenvalue weighted by atomic mass is 16.6. The first kappa shape index (κ1) is 19.9. The zero-order chi connectivity index (χ0) is 20.5. The predicted octanol–water partition coefficient (Wildman–Crippen LogP) is 3.98. The van der Waals surface area contributed by atoms with E-state index in [9.17, 15) is 29.8 Å². The van der Waals surface area contributed by atoms with Gasteiger partial charge in [0.05, 0.1) is 21.5 Å². The van der Waals surface area contributed by atoms with Crippen molar-refractivity contribution < 1.29 is 24.2 Å². The normalized spacial score (nSPS) is 27.4. The maximum atomic E-state index is 12.7. The molecule has 0 radical (unpaired) electrons. The Bertz CT molecular complexity index is 805. The molecule has 2 fully saturated rings. The Morgan fingerprint density at radius 2 is 1.71 bits per heavy atom. The molecule has 0 amide bonds. The fourth-order valence-electron chi connectivity index (χ4n) is 4.44. The fraction of sp³-hybridized carbons (Fsp3) is 0.579. The number of esters is 1. The summed E-state index contributed by atoms with van der Waals surface area (Å²) in [5.41, 5.74) is -1.62. The maximum Gasteiger partial charge on any atom is 0.338 e. The van der Waals surface area contributed by atoms with E-state index in [-0.39, 0.29) is 22.7 Å². The van der Waals surface area contributed by atoms with E-state index in [2.05, 4.69) is 0 Å². The van der Waals surface area contributed by atoms with Gasteiger partial charge in [-0.2, -0.15) is 0 Å². The molecule has 0 unspecified atom stereocenters. The third-order valence-corrected chi connectivity index (χ3v) is 6.16. The second-order valence-corrected chi connectivity index (χ2v) is 7.88. The number of fused-ring (bicyclic) bond motifs is 1. The zero-order valence-corrected chi connectivity index (χ0v) is 15.6. The van der Waals surface area contributed by atoms with Crippen molar-refractivity contribution in [2.24, 2.45) is 11.3 Å². The first-order valence-electron chi connectivity index (χ1n) is 9.37. The second-order valence-electron chi connectivity index (χ2n) is 7.88. The van der Waals surface area contributed by atoms with Crippen LogP contribution in [-0.4, -0.2) is 27.7 Å². The second kappa shape index (κ2) is 7.65. The number of rotatable bonds is 4. The van der Waals surface area contributed by atoms with E-state index < -0.39 is 33.3 Å². The number of hydrogen-bond donors (Lipinski definition) is 0. The molecule has 0 saturated heterocycles. The van der Waals surface area contributed by atoms with Crippen molar-refractivity contribution >= 4 is 23.1 Å². The number of carbonyl (C=O) groups excluding carboxylic acids is 2. The van der Waals surface area contributed by atoms with Crippen LogP contribution in [0.25, 0.3) is 0 Å². The maximum absolute atomic E-state index is 12.7. The molecule has 0 heterocycles. The lowest BCUT2D eigenvalue weighted by Gasteiger charge is -2.44. The topological polar surface area (TPSA) is 130 Å². The predicted molar refractivity (Wildman–Crippen MR) is 97.9 cm³/mol. The summed E-state index contributed by atoms with van der Waals surface area (Å²) in [6, 6.07) is 2.80. The Morgan fingerprint density at radius 1 is 1.11 bits per heavy atom. The van der Waals surface area contributed by atoms with Gasteiger partial charge in [-0.15, -0.1) is 0 Å². The third kappa shape index (κ3) is 3.88. The molecule has 3 atom stereocenters. The molecule has 2 aliphatic rings. The van der Waals surface area contributed by atoms with E-state index in [1.165, 1.54) is 0 Å². The molecule has 0 aromatic heterocycles. The molecule has 1 aromatic rings. The summed E-state index contributed by atoms with van der Waals surface area (Å²) >= 11 is 0. The van der Waals surface area contributed by atoms with Crippen LogP contribution in [0, 0.1) is 31.6 Å². The van der Waals surface area contributed by atoms with Crippen LogP contribution >= 0.6 is 0 Å². The van der Waals surface area contributed by atoms with Gasteiger partial charge in [0.2, 0.25) is 0 Å². The van der Waals surface area contributed by atoms with Crippen LogP contribution in [0.2, 0.25) is 0 Å². The Labute approximate surface area is 161 Å². The summed E-state index contributed by atoms with van der Waals surface area (Å²) in [7, 11) is 0. The monoisotopic (exact) mass is 390 g/mol. The van der Waals surface area contributed by atoms with Gasteiger partial charge in [0.25, 0.3) is 11.4 Å². The van der Waals surface area contributed by atoms with Crippen LogP contribution in [0.3, 0.4) is 0 Å². The number of nitrogens with zero attached hydrogens (tertiary/aromatic N) is 2. The molecule has 0 bridgehead atoms. The zero-order valence-electron chi connectivity index (χ0n) is 15.6. The van der Waals surface area contributed by atoms with Crippen LogP contribution < -0.4 is 0 Å². The smallest absolute Gasteiger partial charge is 0.338 e. The first-order valence-corrected chi connectivity index (χ1v) is 9.37. The van der Waals surface area contributed by atoms with E-state index in [1.54, 1.807) is 0 Å². The number of benzene rings is 1. The Balaban J connectivity index is 1.88. The van der Waals surface area contributed by atoms with Crippen molar-refractivity contribution in [3.63, 3.8) is 0 Å². The minimum Gasteiger partial charge on any atom is -0.458 e. The van der Waals surface area contributed by atoms with Crippen LogP contribution in [0.15, 0.2) is 18.2 Å². The lowest BCUT2D eigenvalue weighted by atomic mass is 9.63. The number of nitro benzene ring substituents is 2. The van der Waals surface area contributed by atoms with Gasteiger partial charge in [-0.05, 0) is 31.6 Å². The summed E-state index contributed by atoms with van der Waals surface area (Å²) in [6.45, 7) is 2.03. The average molecular weight is 390 g/mol. The number of nitro groups is 2. The molecule has 9 nitrogen and oxygen atoms in total. The Hall–Kier alpha value is -2.84. The average Bonchev–Trinajstić information content (AvgIpc) is 2.80. The van der Waals surface area contributed by atoms with E-state index in [0.29, 0.717) is 25.7 Å². The van der Waals surface area contributed by atoms with Gasteiger partial charge < -0.3 is 4.74 Å². The summed E-state index contributed by atoms with van der Waals surface area (Å²) in [6.07, 6.45) is 4.47. The summed E-state index contributed by atoms with van der Waals surface area (Å²) in [4.78, 5) is 45.2. The fourth-order valence-corrected chi connectivity index (χ4v) is 4.44. The number of Topliss-reactive ketones (excluding diaryl/α,β-unsaturated/α-hetero) is 1. The van der Waals surface area contributed by atoms with Gasteiger partial charge in [0.15, 0.2) is 0 Å². The molecule has 0 N–H and O–H groups in total. The number of hydrogen-bond acceptors (Lipinski definition) is 7. The van der Waals surface area contributed by atoms with Gasteiger partial charge in [-0.1, -0.05) is 13.3 Å². The highest BCUT2D eigenvalue weighted by molar-refractivity contribution is 5.91. The van der Waals surface area contributed by atoms with Crippen molar-refractivity contribution in [3.05, 3.63) is 44.0 Å². The molecule has 0 spiro atoms. The van der Waals surface area contributed by atoms with E-state index >= 15 is 0 Å². The molecule has 9 heteroatoms. The molecule has 3 rings (SSSR count).